The van der Waals surface area contributed by atoms with E-state index in [2.05, 4.69) is 16.0 Å². The normalized spacial score (nSPS) is 10.5. The summed E-state index contributed by atoms with van der Waals surface area (Å²) in [7, 11) is 0. The first-order valence-corrected chi connectivity index (χ1v) is 15.0. The van der Waals surface area contributed by atoms with Crippen LogP contribution >= 0.6 is 0 Å². The van der Waals surface area contributed by atoms with Crippen molar-refractivity contribution >= 4 is 40.5 Å². The van der Waals surface area contributed by atoms with Crippen LogP contribution in [-0.2, 0) is 0 Å². The molecule has 48 heavy (non-hydrogen) atoms. The van der Waals surface area contributed by atoms with Crippen molar-refractivity contribution in [3.63, 3.8) is 0 Å². The maximum Gasteiger partial charge on any atom is 0.269 e. The van der Waals surface area contributed by atoms with E-state index in [9.17, 15) is 24.5 Å². The maximum atomic E-state index is 13.8. The molecule has 0 atom stereocenters. The predicted molar refractivity (Wildman–Crippen MR) is 187 cm³/mol. The highest BCUT2D eigenvalue weighted by molar-refractivity contribution is 6.12. The number of hydrogen-bond donors (Lipinski definition) is 3. The Kier molecular flexibility index (Phi) is 9.11. The molecule has 0 saturated heterocycles. The van der Waals surface area contributed by atoms with E-state index in [1.807, 2.05) is 97.1 Å². The average molecular weight is 633 g/mol. The van der Waals surface area contributed by atoms with Crippen molar-refractivity contribution in [1.82, 2.24) is 0 Å². The van der Waals surface area contributed by atoms with Crippen LogP contribution in [0.2, 0.25) is 0 Å². The molecule has 0 unspecified atom stereocenters. The number of non-ortho nitro benzene ring substituents is 1. The SMILES string of the molecule is O=C(Nc1cc(C(=O)Nc2ccccc2-c2ccccc2)cc(C(=O)Nc2ccccc2-c2ccccc2)c1)c1ccc([N+](=O)[O-])cc1. The van der Waals surface area contributed by atoms with Crippen molar-refractivity contribution in [2.24, 2.45) is 0 Å². The lowest BCUT2D eigenvalue weighted by atomic mass is 10.0. The third-order valence-corrected chi connectivity index (χ3v) is 7.58. The lowest BCUT2D eigenvalue weighted by molar-refractivity contribution is -0.384. The number of carbonyl (C=O) groups excluding carboxylic acids is 3. The molecule has 0 heterocycles. The van der Waals surface area contributed by atoms with E-state index >= 15 is 0 Å². The van der Waals surface area contributed by atoms with Crippen LogP contribution in [0, 0.1) is 10.1 Å². The highest BCUT2D eigenvalue weighted by Crippen LogP contribution is 2.30. The number of hydrogen-bond acceptors (Lipinski definition) is 5. The number of nitrogens with zero attached hydrogens (tertiary/aromatic N) is 1. The third-order valence-electron chi connectivity index (χ3n) is 7.58. The minimum absolute atomic E-state index is 0.126. The zero-order chi connectivity index (χ0) is 33.5. The molecule has 0 aliphatic carbocycles. The topological polar surface area (TPSA) is 130 Å². The van der Waals surface area contributed by atoms with Gasteiger partial charge in [0.2, 0.25) is 0 Å². The van der Waals surface area contributed by atoms with Gasteiger partial charge in [-0.15, -0.1) is 0 Å². The smallest absolute Gasteiger partial charge is 0.269 e. The van der Waals surface area contributed by atoms with Crippen LogP contribution < -0.4 is 16.0 Å². The van der Waals surface area contributed by atoms with Gasteiger partial charge in [0, 0.05) is 57.0 Å². The lowest BCUT2D eigenvalue weighted by Gasteiger charge is -2.15. The first kappa shape index (κ1) is 31.1. The second-order valence-electron chi connectivity index (χ2n) is 10.8. The van der Waals surface area contributed by atoms with Crippen LogP contribution in [-0.4, -0.2) is 22.6 Å². The van der Waals surface area contributed by atoms with E-state index in [1.54, 1.807) is 12.1 Å². The van der Waals surface area contributed by atoms with E-state index in [-0.39, 0.29) is 28.1 Å². The first-order chi connectivity index (χ1) is 23.4. The number of rotatable bonds is 9. The van der Waals surface area contributed by atoms with E-state index in [0.29, 0.717) is 11.4 Å². The Labute approximate surface area is 276 Å². The van der Waals surface area contributed by atoms with Crippen molar-refractivity contribution in [2.45, 2.75) is 0 Å². The van der Waals surface area contributed by atoms with Gasteiger partial charge >= 0.3 is 0 Å². The van der Waals surface area contributed by atoms with Gasteiger partial charge in [-0.25, -0.2) is 0 Å². The Morgan fingerprint density at radius 1 is 0.458 bits per heavy atom. The van der Waals surface area contributed by atoms with Crippen molar-refractivity contribution in [2.75, 3.05) is 16.0 Å². The molecule has 234 valence electrons. The van der Waals surface area contributed by atoms with Gasteiger partial charge in [0.1, 0.15) is 0 Å². The number of nitrogens with one attached hydrogen (secondary N) is 3. The molecule has 3 amide bonds. The molecular formula is C39H28N4O5. The molecule has 0 aliphatic rings. The Morgan fingerprint density at radius 3 is 1.33 bits per heavy atom. The molecule has 0 saturated carbocycles. The molecule has 0 bridgehead atoms. The summed E-state index contributed by atoms with van der Waals surface area (Å²) in [6, 6.07) is 43.5. The molecule has 0 radical (unpaired) electrons. The van der Waals surface area contributed by atoms with Crippen molar-refractivity contribution < 1.29 is 19.3 Å². The maximum absolute atomic E-state index is 13.8. The molecule has 3 N–H and O–H groups in total. The molecule has 0 aliphatic heterocycles. The van der Waals surface area contributed by atoms with Crippen molar-refractivity contribution in [3.8, 4) is 22.3 Å². The summed E-state index contributed by atoms with van der Waals surface area (Å²) in [4.78, 5) is 51.2. The van der Waals surface area contributed by atoms with Crippen LogP contribution in [0.3, 0.4) is 0 Å². The summed E-state index contributed by atoms with van der Waals surface area (Å²) < 4.78 is 0. The second-order valence-corrected chi connectivity index (χ2v) is 10.8. The largest absolute Gasteiger partial charge is 0.322 e. The Bertz CT molecular complexity index is 2020. The molecule has 0 spiro atoms. The summed E-state index contributed by atoms with van der Waals surface area (Å²) >= 11 is 0. The molecular weight excluding hydrogens is 604 g/mol. The minimum atomic E-state index is -0.572. The summed E-state index contributed by atoms with van der Waals surface area (Å²) in [5, 5.41) is 19.7. The third kappa shape index (κ3) is 7.16. The van der Waals surface area contributed by atoms with Crippen LogP contribution in [0.25, 0.3) is 22.3 Å². The van der Waals surface area contributed by atoms with Crippen LogP contribution in [0.1, 0.15) is 31.1 Å². The molecule has 0 fully saturated rings. The number of anilines is 3. The number of carbonyl (C=O) groups is 3. The number of amides is 3. The molecule has 6 aromatic rings. The quantitative estimate of drug-likeness (QED) is 0.108. The first-order valence-electron chi connectivity index (χ1n) is 15.0. The minimum Gasteiger partial charge on any atom is -0.322 e. The van der Waals surface area contributed by atoms with Crippen molar-refractivity contribution in [3.05, 3.63) is 178 Å². The number of nitro groups is 1. The molecule has 9 heteroatoms. The zero-order valence-corrected chi connectivity index (χ0v) is 25.4. The Balaban J connectivity index is 1.33. The summed E-state index contributed by atoms with van der Waals surface area (Å²) in [6.07, 6.45) is 0. The van der Waals surface area contributed by atoms with Crippen LogP contribution in [0.5, 0.6) is 0 Å². The van der Waals surface area contributed by atoms with Crippen LogP contribution in [0.15, 0.2) is 152 Å². The van der Waals surface area contributed by atoms with E-state index in [0.717, 1.165) is 22.3 Å². The monoisotopic (exact) mass is 632 g/mol. The van der Waals surface area contributed by atoms with Gasteiger partial charge < -0.3 is 16.0 Å². The molecule has 0 aromatic heterocycles. The van der Waals surface area contributed by atoms with E-state index < -0.39 is 22.6 Å². The van der Waals surface area contributed by atoms with Gasteiger partial charge in [0.05, 0.1) is 4.92 Å². The predicted octanol–water partition coefficient (Wildman–Crippen LogP) is 8.69. The van der Waals surface area contributed by atoms with E-state index in [1.165, 1.54) is 42.5 Å². The van der Waals surface area contributed by atoms with Gasteiger partial charge in [0.15, 0.2) is 0 Å². The van der Waals surface area contributed by atoms with Gasteiger partial charge in [-0.2, -0.15) is 0 Å². The van der Waals surface area contributed by atoms with Gasteiger partial charge in [-0.05, 0) is 53.6 Å². The Morgan fingerprint density at radius 2 is 0.875 bits per heavy atom. The van der Waals surface area contributed by atoms with Gasteiger partial charge in [-0.1, -0.05) is 97.1 Å². The highest BCUT2D eigenvalue weighted by Gasteiger charge is 2.18. The fourth-order valence-corrected chi connectivity index (χ4v) is 5.21. The van der Waals surface area contributed by atoms with Crippen LogP contribution in [0.4, 0.5) is 22.7 Å². The number of para-hydroxylation sites is 2. The summed E-state index contributed by atoms with van der Waals surface area (Å²) in [6.45, 7) is 0. The fourth-order valence-electron chi connectivity index (χ4n) is 5.21. The molecule has 9 nitrogen and oxygen atoms in total. The summed E-state index contributed by atoms with van der Waals surface area (Å²) in [5.41, 5.74) is 5.02. The number of benzene rings is 6. The van der Waals surface area contributed by atoms with Gasteiger partial charge in [0.25, 0.3) is 23.4 Å². The van der Waals surface area contributed by atoms with E-state index in [4.69, 9.17) is 0 Å². The standard InChI is InChI=1S/C39H28N4O5/c44-37(28-19-21-32(22-20-28)43(47)48)40-31-24-29(38(45)41-35-17-9-7-15-33(35)26-11-3-1-4-12-26)23-30(25-31)39(46)42-36-18-10-8-16-34(36)27-13-5-2-6-14-27/h1-25H,(H,40,44)(H,41,45)(H,42,46). The highest BCUT2D eigenvalue weighted by atomic mass is 16.6. The Hall–Kier alpha value is -6.87. The number of nitro benzene ring substituents is 1. The lowest BCUT2D eigenvalue weighted by Crippen LogP contribution is -2.18. The second kappa shape index (κ2) is 14.1. The van der Waals surface area contributed by atoms with Crippen molar-refractivity contribution in [1.29, 1.82) is 0 Å². The molecule has 6 aromatic carbocycles. The fraction of sp³-hybridized carbons (Fsp3) is 0. The zero-order valence-electron chi connectivity index (χ0n) is 25.4. The summed E-state index contributed by atoms with van der Waals surface area (Å²) in [5.74, 6) is -1.57. The van der Waals surface area contributed by atoms with Gasteiger partial charge in [-0.3, -0.25) is 24.5 Å². The average Bonchev–Trinajstić information content (AvgIpc) is 3.12. The molecule has 6 rings (SSSR count).